The van der Waals surface area contributed by atoms with Gasteiger partial charge < -0.3 is 0 Å². The summed E-state index contributed by atoms with van der Waals surface area (Å²) in [5, 5.41) is 14.0. The Labute approximate surface area is 211 Å². The average Bonchev–Trinajstić information content (AvgIpc) is 3.50. The van der Waals surface area contributed by atoms with Crippen LogP contribution in [0.15, 0.2) is 53.3 Å². The van der Waals surface area contributed by atoms with Crippen LogP contribution < -0.4 is 5.69 Å². The number of H-pyrrole nitrogens is 1. The van der Waals surface area contributed by atoms with E-state index in [0.29, 0.717) is 22.4 Å². The first-order chi connectivity index (χ1) is 17.6. The van der Waals surface area contributed by atoms with E-state index in [0.717, 1.165) is 21.3 Å². The van der Waals surface area contributed by atoms with E-state index in [-0.39, 0.29) is 31.0 Å². The number of nitrogens with one attached hydrogen (secondary N) is 1. The Kier molecular flexibility index (Phi) is 7.42. The van der Waals surface area contributed by atoms with E-state index in [9.17, 15) is 22.8 Å². The molecule has 0 bridgehead atoms. The fraction of sp³-hybridized carbons (Fsp3) is 0.346. The lowest BCUT2D eigenvalue weighted by molar-refractivity contribution is -0.143. The van der Waals surface area contributed by atoms with Gasteiger partial charge in [-0.05, 0) is 45.9 Å². The number of halogens is 3. The number of alkyl halides is 3. The number of hydrogen-bond acceptors (Lipinski definition) is 5. The molecule has 2 aromatic heterocycles. The second-order valence-corrected chi connectivity index (χ2v) is 9.17. The number of tetrazole rings is 1. The predicted molar refractivity (Wildman–Crippen MR) is 132 cm³/mol. The van der Waals surface area contributed by atoms with Crippen LogP contribution in [0.5, 0.6) is 0 Å². The van der Waals surface area contributed by atoms with Crippen molar-refractivity contribution in [3.63, 3.8) is 0 Å². The summed E-state index contributed by atoms with van der Waals surface area (Å²) >= 11 is 0. The molecular weight excluding hydrogens is 485 g/mol. The zero-order valence-electron chi connectivity index (χ0n) is 20.7. The molecule has 0 unspecified atom stereocenters. The van der Waals surface area contributed by atoms with Crippen LogP contribution in [-0.4, -0.2) is 35.7 Å². The van der Waals surface area contributed by atoms with Gasteiger partial charge >= 0.3 is 11.9 Å². The Hall–Kier alpha value is -4.02. The highest BCUT2D eigenvalue weighted by molar-refractivity contribution is 5.80. The summed E-state index contributed by atoms with van der Waals surface area (Å²) in [6.07, 6.45) is -4.59. The molecule has 0 amide bonds. The molecule has 11 heteroatoms. The van der Waals surface area contributed by atoms with Crippen molar-refractivity contribution >= 4 is 5.91 Å². The quantitative estimate of drug-likeness (QED) is 0.350. The third-order valence-corrected chi connectivity index (χ3v) is 6.16. The Bertz CT molecular complexity index is 1430. The van der Waals surface area contributed by atoms with Crippen LogP contribution in [0.3, 0.4) is 0 Å². The third kappa shape index (κ3) is 5.40. The summed E-state index contributed by atoms with van der Waals surface area (Å²) in [6.45, 7) is 5.14. The van der Waals surface area contributed by atoms with Crippen molar-refractivity contribution in [2.24, 2.45) is 5.92 Å². The number of imidazole rings is 1. The van der Waals surface area contributed by atoms with E-state index >= 15 is 0 Å². The van der Waals surface area contributed by atoms with Crippen molar-refractivity contribution in [3.05, 3.63) is 76.0 Å². The Morgan fingerprint density at radius 3 is 2.30 bits per heavy atom. The lowest BCUT2D eigenvalue weighted by Gasteiger charge is -2.14. The number of carbonyl (C=O) groups is 1. The van der Waals surface area contributed by atoms with E-state index in [2.05, 4.69) is 20.6 Å². The Balaban J connectivity index is 1.75. The first-order valence-electron chi connectivity index (χ1n) is 12.0. The maximum atomic E-state index is 14.1. The summed E-state index contributed by atoms with van der Waals surface area (Å²) in [7, 11) is 0. The van der Waals surface area contributed by atoms with Crippen molar-refractivity contribution in [2.45, 2.75) is 52.8 Å². The van der Waals surface area contributed by atoms with Gasteiger partial charge in [0.05, 0.1) is 12.2 Å². The second-order valence-electron chi connectivity index (χ2n) is 9.17. The van der Waals surface area contributed by atoms with Crippen LogP contribution in [0, 0.1) is 5.92 Å². The molecule has 0 aliphatic rings. The van der Waals surface area contributed by atoms with Crippen LogP contribution in [0.2, 0.25) is 0 Å². The number of aromatic nitrogens is 6. The first-order valence-corrected chi connectivity index (χ1v) is 12.0. The summed E-state index contributed by atoms with van der Waals surface area (Å²) in [5.74, 6) is -0.257. The van der Waals surface area contributed by atoms with Gasteiger partial charge in [-0.2, -0.15) is 13.2 Å². The molecule has 0 atom stereocenters. The molecule has 194 valence electrons. The highest BCUT2D eigenvalue weighted by atomic mass is 19.4. The summed E-state index contributed by atoms with van der Waals surface area (Å²) in [5.41, 5.74) is 0.823. The zero-order valence-corrected chi connectivity index (χ0v) is 20.7. The molecule has 0 aliphatic carbocycles. The van der Waals surface area contributed by atoms with Gasteiger partial charge in [-0.1, -0.05) is 69.3 Å². The molecule has 1 N–H and O–H groups in total. The monoisotopic (exact) mass is 512 g/mol. The molecule has 0 aliphatic heterocycles. The van der Waals surface area contributed by atoms with Crippen molar-refractivity contribution in [3.8, 4) is 22.5 Å². The summed E-state index contributed by atoms with van der Waals surface area (Å²) in [6, 6.07) is 14.7. The van der Waals surface area contributed by atoms with Gasteiger partial charge in [0.1, 0.15) is 0 Å². The average molecular weight is 513 g/mol. The van der Waals surface area contributed by atoms with Gasteiger partial charge in [-0.25, -0.2) is 14.5 Å². The van der Waals surface area contributed by atoms with E-state index in [1.165, 1.54) is 6.92 Å². The molecule has 4 rings (SSSR count). The molecule has 0 radical (unpaired) electrons. The van der Waals surface area contributed by atoms with Crippen molar-refractivity contribution < 1.29 is 18.0 Å². The molecule has 37 heavy (non-hydrogen) atoms. The molecule has 2 aromatic carbocycles. The Morgan fingerprint density at radius 2 is 1.73 bits per heavy atom. The van der Waals surface area contributed by atoms with E-state index < -0.39 is 23.5 Å². The van der Waals surface area contributed by atoms with Crippen LogP contribution in [0.1, 0.15) is 55.4 Å². The normalized spacial score (nSPS) is 11.9. The van der Waals surface area contributed by atoms with E-state index in [1.807, 2.05) is 50.2 Å². The highest BCUT2D eigenvalue weighted by Crippen LogP contribution is 2.34. The van der Waals surface area contributed by atoms with Gasteiger partial charge in [0.15, 0.2) is 11.5 Å². The molecule has 0 spiro atoms. The Morgan fingerprint density at radius 1 is 1.05 bits per heavy atom. The van der Waals surface area contributed by atoms with Gasteiger partial charge in [0.2, 0.25) is 5.91 Å². The van der Waals surface area contributed by atoms with Crippen LogP contribution in [0.4, 0.5) is 13.2 Å². The topological polar surface area (TPSA) is 98.5 Å². The smallest absolute Gasteiger partial charge is 0.291 e. The molecular formula is C26H27F3N6O2. The summed E-state index contributed by atoms with van der Waals surface area (Å²) < 4.78 is 43.7. The lowest BCUT2D eigenvalue weighted by atomic mass is 9.98. The highest BCUT2D eigenvalue weighted by Gasteiger charge is 2.42. The van der Waals surface area contributed by atoms with Gasteiger partial charge in [-0.3, -0.25) is 9.36 Å². The molecule has 0 fully saturated rings. The van der Waals surface area contributed by atoms with Crippen molar-refractivity contribution in [1.82, 2.24) is 29.8 Å². The second kappa shape index (κ2) is 10.5. The number of benzene rings is 2. The first kappa shape index (κ1) is 26.1. The minimum atomic E-state index is -4.84. The SMILES string of the molecule is CCC(=O)n1c(C(F)(F)F)c(CCC(C)C)n(Cc2ccc(-c3ccccc3-c3nnn[nH]3)cc2)c1=O. The van der Waals surface area contributed by atoms with Gasteiger partial charge in [-0.15, -0.1) is 5.10 Å². The lowest BCUT2D eigenvalue weighted by Crippen LogP contribution is -2.31. The standard InChI is InChI=1S/C26H27F3N6O2/c1-4-22(36)35-23(26(27,28)29)21(14-9-16(2)3)34(25(35)37)15-17-10-12-18(13-11-17)19-7-5-6-8-20(19)24-30-32-33-31-24/h5-8,10-13,16H,4,9,14-15H2,1-3H3,(H,30,31,32,33). The van der Waals surface area contributed by atoms with E-state index in [1.54, 1.807) is 12.1 Å². The third-order valence-electron chi connectivity index (χ3n) is 6.16. The molecule has 8 nitrogen and oxygen atoms in total. The van der Waals surface area contributed by atoms with Crippen molar-refractivity contribution in [2.75, 3.05) is 0 Å². The minimum absolute atomic E-state index is 0.0302. The number of hydrogen-bond donors (Lipinski definition) is 1. The maximum Gasteiger partial charge on any atom is 0.433 e. The van der Waals surface area contributed by atoms with Crippen molar-refractivity contribution in [1.29, 1.82) is 0 Å². The summed E-state index contributed by atoms with van der Waals surface area (Å²) in [4.78, 5) is 25.6. The van der Waals surface area contributed by atoms with Gasteiger partial charge in [0, 0.05) is 12.0 Å². The number of rotatable bonds is 8. The van der Waals surface area contributed by atoms with Crippen LogP contribution in [0.25, 0.3) is 22.5 Å². The van der Waals surface area contributed by atoms with E-state index in [4.69, 9.17) is 0 Å². The molecule has 4 aromatic rings. The molecule has 2 heterocycles. The van der Waals surface area contributed by atoms with Crippen LogP contribution in [-0.2, 0) is 19.1 Å². The van der Waals surface area contributed by atoms with Crippen LogP contribution >= 0.6 is 0 Å². The fourth-order valence-corrected chi connectivity index (χ4v) is 4.30. The predicted octanol–water partition coefficient (Wildman–Crippen LogP) is 5.20. The maximum absolute atomic E-state index is 14.1. The minimum Gasteiger partial charge on any atom is -0.291 e. The largest absolute Gasteiger partial charge is 0.433 e. The zero-order chi connectivity index (χ0) is 26.7. The van der Waals surface area contributed by atoms with Gasteiger partial charge in [0.25, 0.3) is 0 Å². The number of aromatic amines is 1. The molecule has 0 saturated heterocycles. The molecule has 0 saturated carbocycles. The fourth-order valence-electron chi connectivity index (χ4n) is 4.30. The number of nitrogens with zero attached hydrogens (tertiary/aromatic N) is 5. The number of carbonyl (C=O) groups excluding carboxylic acids is 1.